The number of carbonyl (C=O) groups is 1. The van der Waals surface area contributed by atoms with Crippen molar-refractivity contribution >= 4 is 28.9 Å². The number of methoxy groups -OCH3 is 1. The van der Waals surface area contributed by atoms with Gasteiger partial charge in [0, 0.05) is 0 Å². The number of ether oxygens (including phenoxy) is 1. The number of benzene rings is 1. The molecule has 13 heavy (non-hydrogen) atoms. The molecule has 0 aliphatic heterocycles. The van der Waals surface area contributed by atoms with E-state index in [0.29, 0.717) is 5.56 Å². The molecule has 70 valence electrons. The molecule has 0 saturated carbocycles. The SMILES string of the molecule is COC(=O)c1cc(N)c(N)c(Cl)c1. The summed E-state index contributed by atoms with van der Waals surface area (Å²) in [7, 11) is 1.28. The third kappa shape index (κ3) is 1.84. The maximum Gasteiger partial charge on any atom is 0.337 e. The molecule has 4 N–H and O–H groups in total. The molecule has 5 heteroatoms. The topological polar surface area (TPSA) is 78.3 Å². The van der Waals surface area contributed by atoms with Crippen LogP contribution in [0.2, 0.25) is 5.02 Å². The molecule has 1 aromatic rings. The van der Waals surface area contributed by atoms with Gasteiger partial charge in [-0.05, 0) is 12.1 Å². The molecule has 0 radical (unpaired) electrons. The minimum Gasteiger partial charge on any atom is -0.465 e. The van der Waals surface area contributed by atoms with E-state index in [4.69, 9.17) is 23.1 Å². The molecule has 0 saturated heterocycles. The van der Waals surface area contributed by atoms with Gasteiger partial charge in [0.15, 0.2) is 0 Å². The molecule has 4 nitrogen and oxygen atoms in total. The summed E-state index contributed by atoms with van der Waals surface area (Å²) < 4.78 is 4.49. The van der Waals surface area contributed by atoms with Gasteiger partial charge >= 0.3 is 5.97 Å². The average molecular weight is 201 g/mol. The fourth-order valence-electron chi connectivity index (χ4n) is 0.875. The number of halogens is 1. The van der Waals surface area contributed by atoms with Crippen molar-refractivity contribution in [2.75, 3.05) is 18.6 Å². The van der Waals surface area contributed by atoms with Gasteiger partial charge in [-0.1, -0.05) is 11.6 Å². The molecule has 0 bridgehead atoms. The van der Waals surface area contributed by atoms with Gasteiger partial charge in [0.25, 0.3) is 0 Å². The Hall–Kier alpha value is -1.42. The molecule has 1 rings (SSSR count). The highest BCUT2D eigenvalue weighted by Gasteiger charge is 2.10. The summed E-state index contributed by atoms with van der Waals surface area (Å²) in [5.41, 5.74) is 11.8. The van der Waals surface area contributed by atoms with Gasteiger partial charge in [-0.25, -0.2) is 4.79 Å². The van der Waals surface area contributed by atoms with Crippen LogP contribution in [0.15, 0.2) is 12.1 Å². The molecular formula is C8H9ClN2O2. The third-order valence-electron chi connectivity index (χ3n) is 1.58. The number of nitrogen functional groups attached to an aromatic ring is 2. The Bertz CT molecular complexity index is 329. The van der Waals surface area contributed by atoms with Crippen LogP contribution in [0.25, 0.3) is 0 Å². The lowest BCUT2D eigenvalue weighted by molar-refractivity contribution is 0.0601. The van der Waals surface area contributed by atoms with Gasteiger partial charge < -0.3 is 16.2 Å². The molecule has 0 fully saturated rings. The van der Waals surface area contributed by atoms with Crippen molar-refractivity contribution < 1.29 is 9.53 Å². The second-order valence-corrected chi connectivity index (χ2v) is 2.86. The lowest BCUT2D eigenvalue weighted by atomic mass is 10.2. The number of esters is 1. The number of nitrogens with two attached hydrogens (primary N) is 2. The molecule has 0 spiro atoms. The minimum atomic E-state index is -0.492. The number of carbonyl (C=O) groups excluding carboxylic acids is 1. The normalized spacial score (nSPS) is 9.69. The van der Waals surface area contributed by atoms with E-state index >= 15 is 0 Å². The predicted molar refractivity (Wildman–Crippen MR) is 51.6 cm³/mol. The van der Waals surface area contributed by atoms with Crippen molar-refractivity contribution in [3.63, 3.8) is 0 Å². The first-order chi connectivity index (χ1) is 6.06. The summed E-state index contributed by atoms with van der Waals surface area (Å²) >= 11 is 5.71. The zero-order chi connectivity index (χ0) is 10.0. The lowest BCUT2D eigenvalue weighted by Gasteiger charge is -2.05. The van der Waals surface area contributed by atoms with E-state index in [0.717, 1.165) is 0 Å². The Balaban J connectivity index is 3.20. The molecule has 0 atom stereocenters. The fraction of sp³-hybridized carbons (Fsp3) is 0.125. The smallest absolute Gasteiger partial charge is 0.337 e. The Morgan fingerprint density at radius 2 is 2.08 bits per heavy atom. The molecule has 1 aromatic carbocycles. The highest BCUT2D eigenvalue weighted by atomic mass is 35.5. The molecule has 0 aromatic heterocycles. The second kappa shape index (κ2) is 3.53. The molecule has 0 unspecified atom stereocenters. The van der Waals surface area contributed by atoms with Gasteiger partial charge in [0.05, 0.1) is 29.1 Å². The van der Waals surface area contributed by atoms with Crippen LogP contribution >= 0.6 is 11.6 Å². The van der Waals surface area contributed by atoms with E-state index in [1.54, 1.807) is 0 Å². The van der Waals surface area contributed by atoms with Crippen LogP contribution in [0.5, 0.6) is 0 Å². The van der Waals surface area contributed by atoms with Crippen LogP contribution in [-0.2, 0) is 4.74 Å². The van der Waals surface area contributed by atoms with Crippen LogP contribution in [-0.4, -0.2) is 13.1 Å². The van der Waals surface area contributed by atoms with Crippen LogP contribution in [0.3, 0.4) is 0 Å². The number of hydrogen-bond donors (Lipinski definition) is 2. The van der Waals surface area contributed by atoms with E-state index in [1.165, 1.54) is 19.2 Å². The summed E-state index contributed by atoms with van der Waals surface area (Å²) in [6.07, 6.45) is 0. The summed E-state index contributed by atoms with van der Waals surface area (Å²) in [6, 6.07) is 2.84. The van der Waals surface area contributed by atoms with Crippen LogP contribution in [0, 0.1) is 0 Å². The fourth-order valence-corrected chi connectivity index (χ4v) is 1.10. The molecule has 0 heterocycles. The molecular weight excluding hydrogens is 192 g/mol. The quantitative estimate of drug-likeness (QED) is 0.529. The highest BCUT2D eigenvalue weighted by molar-refractivity contribution is 6.34. The summed E-state index contributed by atoms with van der Waals surface area (Å²) in [5, 5.41) is 0.250. The maximum absolute atomic E-state index is 11.1. The number of hydrogen-bond acceptors (Lipinski definition) is 4. The van der Waals surface area contributed by atoms with Crippen molar-refractivity contribution in [2.45, 2.75) is 0 Å². The van der Waals surface area contributed by atoms with Gasteiger partial charge in [-0.2, -0.15) is 0 Å². The monoisotopic (exact) mass is 200 g/mol. The van der Waals surface area contributed by atoms with Gasteiger partial charge in [0.2, 0.25) is 0 Å². The summed E-state index contributed by atoms with van der Waals surface area (Å²) in [4.78, 5) is 11.1. The van der Waals surface area contributed by atoms with E-state index in [2.05, 4.69) is 4.74 Å². The van der Waals surface area contributed by atoms with Gasteiger partial charge in [0.1, 0.15) is 0 Å². The van der Waals surface area contributed by atoms with Crippen LogP contribution < -0.4 is 11.5 Å². The van der Waals surface area contributed by atoms with Crippen molar-refractivity contribution in [1.29, 1.82) is 0 Å². The third-order valence-corrected chi connectivity index (χ3v) is 1.90. The molecule has 0 aliphatic carbocycles. The Kier molecular flexibility index (Phi) is 2.63. The zero-order valence-corrected chi connectivity index (χ0v) is 7.76. The van der Waals surface area contributed by atoms with Crippen molar-refractivity contribution in [1.82, 2.24) is 0 Å². The van der Waals surface area contributed by atoms with Gasteiger partial charge in [-0.15, -0.1) is 0 Å². The standard InChI is InChI=1S/C8H9ClN2O2/c1-13-8(12)4-2-5(9)7(11)6(10)3-4/h2-3H,10-11H2,1H3. The molecule has 0 amide bonds. The average Bonchev–Trinajstić information content (AvgIpc) is 2.12. The largest absolute Gasteiger partial charge is 0.465 e. The number of rotatable bonds is 1. The summed E-state index contributed by atoms with van der Waals surface area (Å²) in [5.74, 6) is -0.492. The van der Waals surface area contributed by atoms with E-state index in [9.17, 15) is 4.79 Å². The zero-order valence-electron chi connectivity index (χ0n) is 7.00. The number of anilines is 2. The first-order valence-corrected chi connectivity index (χ1v) is 3.87. The molecule has 0 aliphatic rings. The van der Waals surface area contributed by atoms with Crippen molar-refractivity contribution in [2.24, 2.45) is 0 Å². The van der Waals surface area contributed by atoms with E-state index < -0.39 is 5.97 Å². The first kappa shape index (κ1) is 9.67. The summed E-state index contributed by atoms with van der Waals surface area (Å²) in [6.45, 7) is 0. The second-order valence-electron chi connectivity index (χ2n) is 2.45. The van der Waals surface area contributed by atoms with Crippen LogP contribution in [0.1, 0.15) is 10.4 Å². The maximum atomic E-state index is 11.1. The van der Waals surface area contributed by atoms with Crippen molar-refractivity contribution in [3.05, 3.63) is 22.7 Å². The van der Waals surface area contributed by atoms with Gasteiger partial charge in [-0.3, -0.25) is 0 Å². The lowest BCUT2D eigenvalue weighted by Crippen LogP contribution is -2.04. The van der Waals surface area contributed by atoms with E-state index in [1.807, 2.05) is 0 Å². The Morgan fingerprint density at radius 1 is 1.46 bits per heavy atom. The predicted octanol–water partition coefficient (Wildman–Crippen LogP) is 1.29. The first-order valence-electron chi connectivity index (χ1n) is 3.49. The van der Waals surface area contributed by atoms with Crippen molar-refractivity contribution in [3.8, 4) is 0 Å². The Labute approximate surface area is 80.4 Å². The van der Waals surface area contributed by atoms with E-state index in [-0.39, 0.29) is 16.4 Å². The minimum absolute atomic E-state index is 0.250. The highest BCUT2D eigenvalue weighted by Crippen LogP contribution is 2.26. The Morgan fingerprint density at radius 3 is 2.54 bits per heavy atom. The van der Waals surface area contributed by atoms with Crippen LogP contribution in [0.4, 0.5) is 11.4 Å².